The third-order valence-corrected chi connectivity index (χ3v) is 8.65. The molecule has 0 bridgehead atoms. The van der Waals surface area contributed by atoms with Crippen LogP contribution in [0.15, 0.2) is 95.7 Å². The quantitative estimate of drug-likeness (QED) is 0.170. The standard InChI is InChI=1S/C30H20ClF3N4O2S2/c31-21-9-5-7-19(13-21)14-23-17-36-29(41-23)37-26(39)24(16-35)28-38(22-10-2-1-3-11-22)27(40)25(42-28)15-18-6-4-8-20(12-18)30(32,33)34/h1-13,17,25H,14-15H2,(H,36,37,39)/b28-24-. The second kappa shape index (κ2) is 12.4. The molecule has 5 rings (SSSR count). The van der Waals surface area contributed by atoms with E-state index in [-0.39, 0.29) is 22.2 Å². The molecule has 6 nitrogen and oxygen atoms in total. The van der Waals surface area contributed by atoms with Crippen molar-refractivity contribution in [2.75, 3.05) is 10.2 Å². The number of nitrogens with zero attached hydrogens (tertiary/aromatic N) is 3. The van der Waals surface area contributed by atoms with Crippen molar-refractivity contribution in [3.8, 4) is 6.07 Å². The maximum Gasteiger partial charge on any atom is 0.416 e. The Hall–Kier alpha value is -4.11. The number of thioether (sulfide) groups is 1. The van der Waals surface area contributed by atoms with Gasteiger partial charge in [0.2, 0.25) is 5.91 Å². The molecule has 0 radical (unpaired) electrons. The number of anilines is 2. The van der Waals surface area contributed by atoms with Crippen molar-refractivity contribution in [2.45, 2.75) is 24.3 Å². The number of benzene rings is 3. The molecule has 1 aliphatic heterocycles. The van der Waals surface area contributed by atoms with Crippen molar-refractivity contribution >= 4 is 57.3 Å². The average Bonchev–Trinajstić information content (AvgIpc) is 3.52. The SMILES string of the molecule is N#C/C(C(=O)Nc1ncc(Cc2cccc(Cl)c2)s1)=C1/SC(Cc2cccc(C(F)(F)F)c2)C(=O)N1c1ccccc1. The van der Waals surface area contributed by atoms with Crippen molar-refractivity contribution in [1.29, 1.82) is 5.26 Å². The number of aromatic nitrogens is 1. The topological polar surface area (TPSA) is 86.1 Å². The molecule has 2 amide bonds. The number of hydrogen-bond acceptors (Lipinski definition) is 6. The smallest absolute Gasteiger partial charge is 0.297 e. The fraction of sp³-hybridized carbons (Fsp3) is 0.133. The van der Waals surface area contributed by atoms with Crippen LogP contribution in [-0.4, -0.2) is 22.0 Å². The van der Waals surface area contributed by atoms with E-state index in [1.54, 1.807) is 42.6 Å². The van der Waals surface area contributed by atoms with Gasteiger partial charge in [0.25, 0.3) is 5.91 Å². The van der Waals surface area contributed by atoms with E-state index in [1.165, 1.54) is 28.4 Å². The number of nitrogens with one attached hydrogen (secondary N) is 1. The number of hydrogen-bond donors (Lipinski definition) is 1. The number of carbonyl (C=O) groups is 2. The molecule has 1 aliphatic rings. The molecule has 1 atom stereocenters. The summed E-state index contributed by atoms with van der Waals surface area (Å²) in [5, 5.41) is 12.8. The molecule has 0 saturated carbocycles. The summed E-state index contributed by atoms with van der Waals surface area (Å²) in [7, 11) is 0. The molecule has 12 heteroatoms. The van der Waals surface area contributed by atoms with E-state index in [0.717, 1.165) is 34.3 Å². The van der Waals surface area contributed by atoms with Crippen LogP contribution in [0.25, 0.3) is 0 Å². The zero-order valence-electron chi connectivity index (χ0n) is 21.6. The second-order valence-electron chi connectivity index (χ2n) is 9.20. The number of rotatable bonds is 7. The van der Waals surface area contributed by atoms with E-state index in [0.29, 0.717) is 22.7 Å². The van der Waals surface area contributed by atoms with Crippen LogP contribution in [0, 0.1) is 11.3 Å². The molecule has 1 fully saturated rings. The summed E-state index contributed by atoms with van der Waals surface area (Å²) in [4.78, 5) is 33.3. The van der Waals surface area contributed by atoms with Crippen LogP contribution in [-0.2, 0) is 28.6 Å². The number of alkyl halides is 3. The number of thiazole rings is 1. The van der Waals surface area contributed by atoms with Gasteiger partial charge >= 0.3 is 6.18 Å². The van der Waals surface area contributed by atoms with Crippen LogP contribution in [0.1, 0.15) is 21.6 Å². The van der Waals surface area contributed by atoms with Gasteiger partial charge in [-0.25, -0.2) is 4.98 Å². The van der Waals surface area contributed by atoms with Crippen LogP contribution in [0.2, 0.25) is 5.02 Å². The van der Waals surface area contributed by atoms with Gasteiger partial charge in [-0.15, -0.1) is 11.3 Å². The summed E-state index contributed by atoms with van der Waals surface area (Å²) < 4.78 is 39.8. The molecule has 42 heavy (non-hydrogen) atoms. The first-order valence-electron chi connectivity index (χ1n) is 12.5. The molecule has 0 spiro atoms. The first kappa shape index (κ1) is 29.4. The molecule has 1 unspecified atom stereocenters. The summed E-state index contributed by atoms with van der Waals surface area (Å²) in [6.07, 6.45) is -2.39. The Morgan fingerprint density at radius 2 is 1.79 bits per heavy atom. The van der Waals surface area contributed by atoms with E-state index in [1.807, 2.05) is 24.3 Å². The summed E-state index contributed by atoms with van der Waals surface area (Å²) in [6, 6.07) is 22.5. The molecule has 1 saturated heterocycles. The largest absolute Gasteiger partial charge is 0.416 e. The highest BCUT2D eigenvalue weighted by molar-refractivity contribution is 8.05. The summed E-state index contributed by atoms with van der Waals surface area (Å²) >= 11 is 8.27. The van der Waals surface area contributed by atoms with Crippen molar-refractivity contribution < 1.29 is 22.8 Å². The average molecular weight is 625 g/mol. The molecule has 4 aromatic rings. The molecular formula is C30H20ClF3N4O2S2. The minimum absolute atomic E-state index is 0.0279. The Morgan fingerprint density at radius 3 is 2.50 bits per heavy atom. The highest BCUT2D eigenvalue weighted by Gasteiger charge is 2.41. The van der Waals surface area contributed by atoms with Crippen LogP contribution in [0.4, 0.5) is 24.0 Å². The van der Waals surface area contributed by atoms with Gasteiger partial charge in [0, 0.05) is 28.2 Å². The minimum atomic E-state index is -4.53. The molecular weight excluding hydrogens is 605 g/mol. The van der Waals surface area contributed by atoms with Gasteiger partial charge in [-0.05, 0) is 47.9 Å². The second-order valence-corrected chi connectivity index (χ2v) is 11.9. The van der Waals surface area contributed by atoms with Crippen molar-refractivity contribution in [1.82, 2.24) is 4.98 Å². The Kier molecular flexibility index (Phi) is 8.68. The predicted octanol–water partition coefficient (Wildman–Crippen LogP) is 7.47. The number of amides is 2. The molecule has 212 valence electrons. The Bertz CT molecular complexity index is 1720. The zero-order chi connectivity index (χ0) is 29.9. The van der Waals surface area contributed by atoms with Crippen molar-refractivity contribution in [3.05, 3.63) is 122 Å². The predicted molar refractivity (Wildman–Crippen MR) is 158 cm³/mol. The fourth-order valence-corrected chi connectivity index (χ4v) is 6.71. The van der Waals surface area contributed by atoms with Crippen LogP contribution < -0.4 is 10.2 Å². The third-order valence-electron chi connectivity index (χ3n) is 6.24. The van der Waals surface area contributed by atoms with Gasteiger partial charge in [0.1, 0.15) is 16.7 Å². The molecule has 1 N–H and O–H groups in total. The maximum absolute atomic E-state index is 13.6. The molecule has 2 heterocycles. The van der Waals surface area contributed by atoms with Crippen LogP contribution in [0.5, 0.6) is 0 Å². The lowest BCUT2D eigenvalue weighted by Gasteiger charge is -2.18. The zero-order valence-corrected chi connectivity index (χ0v) is 23.9. The van der Waals surface area contributed by atoms with Gasteiger partial charge in [-0.3, -0.25) is 19.8 Å². The highest BCUT2D eigenvalue weighted by atomic mass is 35.5. The fourth-order valence-electron chi connectivity index (χ4n) is 4.34. The Morgan fingerprint density at radius 1 is 1.05 bits per heavy atom. The lowest BCUT2D eigenvalue weighted by molar-refractivity contribution is -0.137. The molecule has 0 aliphatic carbocycles. The van der Waals surface area contributed by atoms with Gasteiger partial charge < -0.3 is 0 Å². The molecule has 1 aromatic heterocycles. The van der Waals surface area contributed by atoms with Crippen LogP contribution in [0.3, 0.4) is 0 Å². The summed E-state index contributed by atoms with van der Waals surface area (Å²) in [5.74, 6) is -1.20. The highest BCUT2D eigenvalue weighted by Crippen LogP contribution is 2.42. The van der Waals surface area contributed by atoms with E-state index in [4.69, 9.17) is 11.6 Å². The number of para-hydroxylation sites is 1. The van der Waals surface area contributed by atoms with Crippen molar-refractivity contribution in [3.63, 3.8) is 0 Å². The summed E-state index contributed by atoms with van der Waals surface area (Å²) in [6.45, 7) is 0. The Labute approximate surface area is 252 Å². The third kappa shape index (κ3) is 6.68. The van der Waals surface area contributed by atoms with E-state index < -0.39 is 28.8 Å². The minimum Gasteiger partial charge on any atom is -0.297 e. The van der Waals surface area contributed by atoms with Gasteiger partial charge in [0.15, 0.2) is 5.13 Å². The van der Waals surface area contributed by atoms with Crippen LogP contribution >= 0.6 is 34.7 Å². The van der Waals surface area contributed by atoms with Crippen molar-refractivity contribution in [2.24, 2.45) is 0 Å². The van der Waals surface area contributed by atoms with E-state index in [9.17, 15) is 28.0 Å². The number of halogens is 4. The number of carbonyl (C=O) groups excluding carboxylic acids is 2. The monoisotopic (exact) mass is 624 g/mol. The van der Waals surface area contributed by atoms with Gasteiger partial charge in [-0.1, -0.05) is 71.9 Å². The number of nitriles is 1. The van der Waals surface area contributed by atoms with E-state index >= 15 is 0 Å². The normalized spacial score (nSPS) is 16.3. The first-order chi connectivity index (χ1) is 20.1. The lowest BCUT2D eigenvalue weighted by Crippen LogP contribution is -2.30. The van der Waals surface area contributed by atoms with Gasteiger partial charge in [0.05, 0.1) is 10.8 Å². The first-order valence-corrected chi connectivity index (χ1v) is 14.6. The lowest BCUT2D eigenvalue weighted by atomic mass is 10.1. The maximum atomic E-state index is 13.6. The molecule has 3 aromatic carbocycles. The van der Waals surface area contributed by atoms with Gasteiger partial charge in [-0.2, -0.15) is 18.4 Å². The Balaban J connectivity index is 1.42. The summed E-state index contributed by atoms with van der Waals surface area (Å²) in [5.41, 5.74) is 0.574. The van der Waals surface area contributed by atoms with E-state index in [2.05, 4.69) is 10.3 Å².